The second-order valence-electron chi connectivity index (χ2n) is 5.63. The van der Waals surface area contributed by atoms with Crippen LogP contribution in [0.1, 0.15) is 59.3 Å². The molecule has 110 valence electrons. The summed E-state index contributed by atoms with van der Waals surface area (Å²) in [5, 5.41) is 3.10. The van der Waals surface area contributed by atoms with Gasteiger partial charge in [-0.25, -0.2) is 0 Å². The number of carbonyl (C=O) groups is 2. The van der Waals surface area contributed by atoms with E-state index < -0.39 is 0 Å². The lowest BCUT2D eigenvalue weighted by molar-refractivity contribution is -0.127. The van der Waals surface area contributed by atoms with Crippen molar-refractivity contribution >= 4 is 11.7 Å². The third-order valence-electron chi connectivity index (χ3n) is 4.41. The average Bonchev–Trinajstić information content (AvgIpc) is 2.43. The quantitative estimate of drug-likeness (QED) is 0.803. The van der Waals surface area contributed by atoms with Crippen LogP contribution in [0.5, 0.6) is 0 Å². The molecule has 0 aromatic heterocycles. The Morgan fingerprint density at radius 2 is 1.84 bits per heavy atom. The number of ketones is 1. The van der Waals surface area contributed by atoms with Gasteiger partial charge in [-0.2, -0.15) is 0 Å². The lowest BCUT2D eigenvalue weighted by atomic mass is 9.92. The first-order valence-corrected chi connectivity index (χ1v) is 7.53. The van der Waals surface area contributed by atoms with Crippen molar-refractivity contribution in [2.24, 2.45) is 0 Å². The van der Waals surface area contributed by atoms with Gasteiger partial charge in [0.25, 0.3) is 0 Å². The van der Waals surface area contributed by atoms with Gasteiger partial charge in [0.05, 0.1) is 6.04 Å². The Bertz CT molecular complexity index is 303. The molecule has 1 fully saturated rings. The van der Waals surface area contributed by atoms with E-state index in [9.17, 15) is 9.59 Å². The van der Waals surface area contributed by atoms with Crippen LogP contribution in [0.25, 0.3) is 0 Å². The minimum absolute atomic E-state index is 0.105. The van der Waals surface area contributed by atoms with E-state index in [0.717, 1.165) is 25.7 Å². The zero-order valence-electron chi connectivity index (χ0n) is 12.7. The highest BCUT2D eigenvalue weighted by Gasteiger charge is 2.28. The minimum Gasteiger partial charge on any atom is -0.352 e. The van der Waals surface area contributed by atoms with E-state index in [-0.39, 0.29) is 18.0 Å². The summed E-state index contributed by atoms with van der Waals surface area (Å²) in [6.07, 6.45) is 5.04. The number of nitrogens with zero attached hydrogens (tertiary/aromatic N) is 1. The Labute approximate surface area is 116 Å². The number of nitrogens with one attached hydrogen (secondary N) is 1. The Balaban J connectivity index is 2.48. The first-order chi connectivity index (χ1) is 8.99. The lowest BCUT2D eigenvalue weighted by Gasteiger charge is -2.35. The molecule has 0 radical (unpaired) electrons. The Morgan fingerprint density at radius 3 is 2.32 bits per heavy atom. The average molecular weight is 268 g/mol. The van der Waals surface area contributed by atoms with Gasteiger partial charge in [-0.1, -0.05) is 13.8 Å². The summed E-state index contributed by atoms with van der Waals surface area (Å²) in [6, 6.07) is 0.509. The second kappa shape index (κ2) is 7.63. The van der Waals surface area contributed by atoms with E-state index in [1.165, 1.54) is 0 Å². The summed E-state index contributed by atoms with van der Waals surface area (Å²) in [7, 11) is 2.00. The van der Waals surface area contributed by atoms with Gasteiger partial charge < -0.3 is 5.32 Å². The summed E-state index contributed by atoms with van der Waals surface area (Å²) in [5.74, 6) is 0.465. The van der Waals surface area contributed by atoms with Crippen LogP contribution >= 0.6 is 0 Å². The second-order valence-corrected chi connectivity index (χ2v) is 5.63. The molecule has 1 rings (SSSR count). The molecule has 0 bridgehead atoms. The Morgan fingerprint density at radius 1 is 1.32 bits per heavy atom. The van der Waals surface area contributed by atoms with Gasteiger partial charge in [0.15, 0.2) is 0 Å². The monoisotopic (exact) mass is 268 g/mol. The highest BCUT2D eigenvalue weighted by Crippen LogP contribution is 2.21. The maximum absolute atomic E-state index is 12.2. The molecule has 1 aliphatic carbocycles. The molecule has 1 saturated carbocycles. The highest BCUT2D eigenvalue weighted by atomic mass is 16.2. The molecule has 4 heteroatoms. The predicted octanol–water partition coefficient (Wildman–Crippen LogP) is 2.12. The van der Waals surface area contributed by atoms with E-state index in [0.29, 0.717) is 24.7 Å². The molecule has 0 saturated heterocycles. The van der Waals surface area contributed by atoms with E-state index in [4.69, 9.17) is 0 Å². The smallest absolute Gasteiger partial charge is 0.237 e. The van der Waals surface area contributed by atoms with Crippen molar-refractivity contribution in [3.05, 3.63) is 0 Å². The molecular formula is C15H28N2O2. The summed E-state index contributed by atoms with van der Waals surface area (Å²) in [5.41, 5.74) is 0. The van der Waals surface area contributed by atoms with E-state index >= 15 is 0 Å². The van der Waals surface area contributed by atoms with Gasteiger partial charge in [0.2, 0.25) is 5.91 Å². The van der Waals surface area contributed by atoms with Crippen LogP contribution in [-0.4, -0.2) is 41.8 Å². The van der Waals surface area contributed by atoms with Gasteiger partial charge in [0.1, 0.15) is 5.78 Å². The van der Waals surface area contributed by atoms with E-state index in [1.807, 2.05) is 14.0 Å². The van der Waals surface area contributed by atoms with Crippen LogP contribution in [0.4, 0.5) is 0 Å². The van der Waals surface area contributed by atoms with Crippen molar-refractivity contribution in [2.75, 3.05) is 7.05 Å². The Hall–Kier alpha value is -0.900. The fourth-order valence-corrected chi connectivity index (χ4v) is 2.65. The fraction of sp³-hybridized carbons (Fsp3) is 0.867. The number of Topliss-reactive ketones (excluding diaryl/α,β-unsaturated/α-hetero) is 1. The van der Waals surface area contributed by atoms with Crippen molar-refractivity contribution in [1.82, 2.24) is 10.2 Å². The molecule has 4 nitrogen and oxygen atoms in total. The molecule has 0 aromatic carbocycles. The normalized spacial score (nSPS) is 18.9. The third kappa shape index (κ3) is 4.60. The maximum Gasteiger partial charge on any atom is 0.237 e. The third-order valence-corrected chi connectivity index (χ3v) is 4.41. The zero-order valence-corrected chi connectivity index (χ0v) is 12.7. The summed E-state index contributed by atoms with van der Waals surface area (Å²) >= 11 is 0. The molecular weight excluding hydrogens is 240 g/mol. The summed E-state index contributed by atoms with van der Waals surface area (Å²) in [4.78, 5) is 25.6. The van der Waals surface area contributed by atoms with Crippen molar-refractivity contribution in [3.63, 3.8) is 0 Å². The predicted molar refractivity (Wildman–Crippen MR) is 77.0 cm³/mol. The highest BCUT2D eigenvalue weighted by molar-refractivity contribution is 5.82. The largest absolute Gasteiger partial charge is 0.352 e. The fourth-order valence-electron chi connectivity index (χ4n) is 2.65. The number of hydrogen-bond donors (Lipinski definition) is 1. The van der Waals surface area contributed by atoms with E-state index in [2.05, 4.69) is 24.1 Å². The van der Waals surface area contributed by atoms with Crippen LogP contribution in [0.15, 0.2) is 0 Å². The van der Waals surface area contributed by atoms with E-state index in [1.54, 1.807) is 0 Å². The molecule has 1 N–H and O–H groups in total. The van der Waals surface area contributed by atoms with Gasteiger partial charge in [-0.15, -0.1) is 0 Å². The number of amides is 1. The molecule has 0 aromatic rings. The van der Waals surface area contributed by atoms with Crippen LogP contribution in [0.2, 0.25) is 0 Å². The number of carbonyl (C=O) groups excluding carboxylic acids is 2. The summed E-state index contributed by atoms with van der Waals surface area (Å²) < 4.78 is 0. The van der Waals surface area contributed by atoms with Crippen LogP contribution in [-0.2, 0) is 9.59 Å². The molecule has 0 heterocycles. The van der Waals surface area contributed by atoms with Gasteiger partial charge in [-0.3, -0.25) is 14.5 Å². The number of hydrogen-bond acceptors (Lipinski definition) is 3. The summed E-state index contributed by atoms with van der Waals surface area (Å²) in [6.45, 7) is 6.14. The van der Waals surface area contributed by atoms with Crippen LogP contribution in [0.3, 0.4) is 0 Å². The van der Waals surface area contributed by atoms with Gasteiger partial charge >= 0.3 is 0 Å². The van der Waals surface area contributed by atoms with Gasteiger partial charge in [0, 0.05) is 24.9 Å². The number of likely N-dealkylation sites (N-methyl/N-ethyl adjacent to an activating group) is 1. The molecule has 1 aliphatic rings. The molecule has 1 unspecified atom stereocenters. The van der Waals surface area contributed by atoms with Crippen LogP contribution < -0.4 is 5.32 Å². The SMILES string of the molecule is CCC(CC)NC(=O)C(C)N(C)C1CCC(=O)CC1. The molecule has 1 atom stereocenters. The van der Waals surface area contributed by atoms with Crippen LogP contribution in [0, 0.1) is 0 Å². The molecule has 0 spiro atoms. The topological polar surface area (TPSA) is 49.4 Å². The Kier molecular flexibility index (Phi) is 6.49. The van der Waals surface area contributed by atoms with Crippen molar-refractivity contribution < 1.29 is 9.59 Å². The minimum atomic E-state index is -0.126. The molecule has 1 amide bonds. The first-order valence-electron chi connectivity index (χ1n) is 7.53. The molecule has 0 aliphatic heterocycles. The molecule has 19 heavy (non-hydrogen) atoms. The van der Waals surface area contributed by atoms with Crippen molar-refractivity contribution in [3.8, 4) is 0 Å². The van der Waals surface area contributed by atoms with Gasteiger partial charge in [-0.05, 0) is 39.7 Å². The first kappa shape index (κ1) is 16.2. The zero-order chi connectivity index (χ0) is 14.4. The van der Waals surface area contributed by atoms with Crippen molar-refractivity contribution in [1.29, 1.82) is 0 Å². The standard InChI is InChI=1S/C15H28N2O2/c1-5-12(6-2)16-15(19)11(3)17(4)13-7-9-14(18)10-8-13/h11-13H,5-10H2,1-4H3,(H,16,19). The maximum atomic E-state index is 12.2. The lowest BCUT2D eigenvalue weighted by Crippen LogP contribution is -2.50. The van der Waals surface area contributed by atoms with Crippen molar-refractivity contribution in [2.45, 2.75) is 77.4 Å². The number of rotatable bonds is 6.